The normalized spacial score (nSPS) is 11.0. The van der Waals surface area contributed by atoms with Gasteiger partial charge >= 0.3 is 0 Å². The molecule has 2 aromatic heterocycles. The summed E-state index contributed by atoms with van der Waals surface area (Å²) in [7, 11) is 0. The van der Waals surface area contributed by atoms with Crippen molar-refractivity contribution in [1.82, 2.24) is 14.7 Å². The van der Waals surface area contributed by atoms with Gasteiger partial charge in [-0.3, -0.25) is 4.79 Å². The Hall–Kier alpha value is -2.96. The smallest absolute Gasteiger partial charge is 0.274 e. The average Bonchev–Trinajstić information content (AvgIpc) is 3.15. The van der Waals surface area contributed by atoms with Crippen LogP contribution in [0.3, 0.4) is 0 Å². The Bertz CT molecular complexity index is 959. The lowest BCUT2D eigenvalue weighted by atomic mass is 10.2. The molecule has 1 N–H and O–H groups in total. The maximum Gasteiger partial charge on any atom is 0.274 e. The molecule has 3 rings (SSSR count). The monoisotopic (exact) mass is 356 g/mol. The van der Waals surface area contributed by atoms with E-state index in [1.165, 1.54) is 6.07 Å². The minimum absolute atomic E-state index is 0.0638. The highest BCUT2D eigenvalue weighted by Gasteiger charge is 2.19. The van der Waals surface area contributed by atoms with Crippen molar-refractivity contribution in [2.45, 2.75) is 40.7 Å². The van der Waals surface area contributed by atoms with Gasteiger partial charge in [-0.25, -0.2) is 4.39 Å². The summed E-state index contributed by atoms with van der Waals surface area (Å²) in [6.45, 7) is 7.52. The molecule has 0 aliphatic carbocycles. The summed E-state index contributed by atoms with van der Waals surface area (Å²) in [4.78, 5) is 16.8. The van der Waals surface area contributed by atoms with E-state index in [9.17, 15) is 9.18 Å². The van der Waals surface area contributed by atoms with Gasteiger partial charge in [0.2, 0.25) is 5.91 Å². The van der Waals surface area contributed by atoms with Crippen LogP contribution in [0.5, 0.6) is 0 Å². The van der Waals surface area contributed by atoms with Gasteiger partial charge in [-0.15, -0.1) is 0 Å². The van der Waals surface area contributed by atoms with E-state index >= 15 is 0 Å². The van der Waals surface area contributed by atoms with Crippen LogP contribution < -0.4 is 5.32 Å². The third kappa shape index (κ3) is 3.51. The number of nitrogens with zero attached hydrogens (tertiary/aromatic N) is 3. The lowest BCUT2D eigenvalue weighted by Gasteiger charge is -2.11. The summed E-state index contributed by atoms with van der Waals surface area (Å²) in [5.74, 6) is 0.392. The fourth-order valence-electron chi connectivity index (χ4n) is 2.85. The van der Waals surface area contributed by atoms with Crippen LogP contribution in [0.25, 0.3) is 11.6 Å². The number of halogens is 1. The Morgan fingerprint density at radius 2 is 2.00 bits per heavy atom. The second-order valence-corrected chi connectivity index (χ2v) is 6.28. The fraction of sp³-hybridized carbons (Fsp3) is 0.316. The van der Waals surface area contributed by atoms with Crippen LogP contribution in [0.15, 0.2) is 28.8 Å². The lowest BCUT2D eigenvalue weighted by Crippen LogP contribution is -2.20. The predicted octanol–water partition coefficient (Wildman–Crippen LogP) is 3.80. The molecule has 0 spiro atoms. The van der Waals surface area contributed by atoms with Crippen molar-refractivity contribution in [3.8, 4) is 11.6 Å². The number of nitrogens with one attached hydrogen (secondary N) is 1. The largest absolute Gasteiger partial charge is 0.332 e. The fourth-order valence-corrected chi connectivity index (χ4v) is 2.85. The number of carbonyl (C=O) groups is 1. The van der Waals surface area contributed by atoms with Gasteiger partial charge in [0.15, 0.2) is 5.82 Å². The standard InChI is InChI=1S/C19H21FN4O2/c1-5-16-22-19(26-23-16)18-12(3)8-13(4)24(18)10-17(25)21-14-7-6-11(2)15(20)9-14/h6-9H,5,10H2,1-4H3,(H,21,25). The van der Waals surface area contributed by atoms with Gasteiger partial charge in [0.1, 0.15) is 18.1 Å². The summed E-state index contributed by atoms with van der Waals surface area (Å²) in [6.07, 6.45) is 0.668. The molecule has 136 valence electrons. The van der Waals surface area contributed by atoms with Crippen molar-refractivity contribution in [3.63, 3.8) is 0 Å². The molecule has 2 heterocycles. The van der Waals surface area contributed by atoms with Crippen LogP contribution >= 0.6 is 0 Å². The van der Waals surface area contributed by atoms with Crippen LogP contribution in [-0.4, -0.2) is 20.6 Å². The van der Waals surface area contributed by atoms with E-state index in [1.54, 1.807) is 19.1 Å². The summed E-state index contributed by atoms with van der Waals surface area (Å²) in [5.41, 5.74) is 3.53. The van der Waals surface area contributed by atoms with E-state index in [1.807, 2.05) is 31.4 Å². The van der Waals surface area contributed by atoms with Crippen LogP contribution in [0, 0.1) is 26.6 Å². The van der Waals surface area contributed by atoms with E-state index in [0.717, 1.165) is 17.0 Å². The Balaban J connectivity index is 1.85. The summed E-state index contributed by atoms with van der Waals surface area (Å²) < 4.78 is 20.8. The third-order valence-electron chi connectivity index (χ3n) is 4.24. The van der Waals surface area contributed by atoms with E-state index in [-0.39, 0.29) is 18.3 Å². The van der Waals surface area contributed by atoms with E-state index in [4.69, 9.17) is 4.52 Å². The first-order chi connectivity index (χ1) is 12.4. The molecule has 0 saturated carbocycles. The first kappa shape index (κ1) is 17.8. The molecule has 0 bridgehead atoms. The molecule has 0 unspecified atom stereocenters. The molecule has 7 heteroatoms. The Kier molecular flexibility index (Phi) is 4.88. The maximum atomic E-state index is 13.7. The third-order valence-corrected chi connectivity index (χ3v) is 4.24. The Labute approximate surface area is 151 Å². The molecule has 1 aromatic carbocycles. The second kappa shape index (κ2) is 7.11. The Morgan fingerprint density at radius 3 is 2.65 bits per heavy atom. The molecule has 0 fully saturated rings. The molecular formula is C19H21FN4O2. The van der Waals surface area contributed by atoms with E-state index in [2.05, 4.69) is 15.5 Å². The first-order valence-electron chi connectivity index (χ1n) is 8.44. The molecule has 6 nitrogen and oxygen atoms in total. The number of carbonyl (C=O) groups excluding carboxylic acids is 1. The molecule has 3 aromatic rings. The average molecular weight is 356 g/mol. The summed E-state index contributed by atoms with van der Waals surface area (Å²) in [5, 5.41) is 6.65. The van der Waals surface area contributed by atoms with Crippen LogP contribution in [0.4, 0.5) is 10.1 Å². The number of anilines is 1. The van der Waals surface area contributed by atoms with Gasteiger partial charge in [0, 0.05) is 17.8 Å². The number of hydrogen-bond acceptors (Lipinski definition) is 4. The van der Waals surface area contributed by atoms with Gasteiger partial charge in [-0.1, -0.05) is 18.1 Å². The van der Waals surface area contributed by atoms with Gasteiger partial charge in [-0.2, -0.15) is 4.98 Å². The molecule has 0 radical (unpaired) electrons. The van der Waals surface area contributed by atoms with Crippen LogP contribution in [0.1, 0.15) is 29.6 Å². The zero-order valence-electron chi connectivity index (χ0n) is 15.3. The van der Waals surface area contributed by atoms with Crippen molar-refractivity contribution >= 4 is 11.6 Å². The van der Waals surface area contributed by atoms with Crippen molar-refractivity contribution in [2.24, 2.45) is 0 Å². The molecular weight excluding hydrogens is 335 g/mol. The first-order valence-corrected chi connectivity index (χ1v) is 8.44. The highest BCUT2D eigenvalue weighted by atomic mass is 19.1. The van der Waals surface area contributed by atoms with E-state index < -0.39 is 0 Å². The van der Waals surface area contributed by atoms with Gasteiger partial charge in [0.25, 0.3) is 5.89 Å². The number of aromatic nitrogens is 3. The highest BCUT2D eigenvalue weighted by molar-refractivity contribution is 5.91. The van der Waals surface area contributed by atoms with Crippen molar-refractivity contribution in [3.05, 3.63) is 52.7 Å². The molecule has 0 saturated heterocycles. The predicted molar refractivity (Wildman–Crippen MR) is 96.3 cm³/mol. The SMILES string of the molecule is CCc1noc(-c2c(C)cc(C)n2CC(=O)Nc2ccc(C)c(F)c2)n1. The molecule has 1 amide bonds. The number of aryl methyl sites for hydroxylation is 4. The van der Waals surface area contributed by atoms with Gasteiger partial charge in [0.05, 0.1) is 0 Å². The topological polar surface area (TPSA) is 73.0 Å². The maximum absolute atomic E-state index is 13.7. The summed E-state index contributed by atoms with van der Waals surface area (Å²) in [6, 6.07) is 6.58. The van der Waals surface area contributed by atoms with Gasteiger partial charge in [-0.05, 0) is 50.1 Å². The van der Waals surface area contributed by atoms with Gasteiger partial charge < -0.3 is 14.4 Å². The van der Waals surface area contributed by atoms with Crippen molar-refractivity contribution in [1.29, 1.82) is 0 Å². The Morgan fingerprint density at radius 1 is 1.23 bits per heavy atom. The quantitative estimate of drug-likeness (QED) is 0.755. The second-order valence-electron chi connectivity index (χ2n) is 6.28. The molecule has 0 aliphatic heterocycles. The van der Waals surface area contributed by atoms with Crippen LogP contribution in [-0.2, 0) is 17.8 Å². The zero-order chi connectivity index (χ0) is 18.8. The number of hydrogen-bond donors (Lipinski definition) is 1. The molecule has 0 aliphatic rings. The highest BCUT2D eigenvalue weighted by Crippen LogP contribution is 2.26. The van der Waals surface area contributed by atoms with E-state index in [0.29, 0.717) is 29.4 Å². The number of rotatable bonds is 5. The summed E-state index contributed by atoms with van der Waals surface area (Å²) >= 11 is 0. The molecule has 0 atom stereocenters. The lowest BCUT2D eigenvalue weighted by molar-refractivity contribution is -0.116. The number of amides is 1. The van der Waals surface area contributed by atoms with Crippen molar-refractivity contribution < 1.29 is 13.7 Å². The zero-order valence-corrected chi connectivity index (χ0v) is 15.3. The minimum Gasteiger partial charge on any atom is -0.332 e. The minimum atomic E-state index is -0.352. The van der Waals surface area contributed by atoms with Crippen molar-refractivity contribution in [2.75, 3.05) is 5.32 Å². The molecule has 26 heavy (non-hydrogen) atoms. The van der Waals surface area contributed by atoms with Crippen LogP contribution in [0.2, 0.25) is 0 Å². The number of benzene rings is 1.